The first-order valence-corrected chi connectivity index (χ1v) is 14.0. The Balaban J connectivity index is 6.22. The van der Waals surface area contributed by atoms with E-state index in [0.717, 1.165) is 0 Å². The Kier molecular flexibility index (Phi) is 9.66. The quantitative estimate of drug-likeness (QED) is 0.233. The van der Waals surface area contributed by atoms with Crippen LogP contribution >= 0.6 is 175 Å². The average molecular weight is 1020 g/mol. The predicted octanol–water partition coefficient (Wildman–Crippen LogP) is 7.61. The fourth-order valence-electron chi connectivity index (χ4n) is 0.720. The highest BCUT2D eigenvalue weighted by atomic mass is 80.0. The molecule has 20 heavy (non-hydrogen) atoms. The van der Waals surface area contributed by atoms with E-state index in [1.807, 2.05) is 0 Å². The molecule has 0 aliphatic rings. The number of halogens is 11. The normalized spacial score (nSPS) is 16.4. The molecule has 0 fully saturated rings. The van der Waals surface area contributed by atoms with Gasteiger partial charge in [-0.1, -0.05) is 143 Å². The van der Waals surface area contributed by atoms with Crippen LogP contribution in [0.25, 0.3) is 0 Å². The summed E-state index contributed by atoms with van der Waals surface area (Å²) in [6.07, 6.45) is 0. The minimum absolute atomic E-state index is 0.922. The summed E-state index contributed by atoms with van der Waals surface area (Å²) in [6, 6.07) is 0. The summed E-state index contributed by atoms with van der Waals surface area (Å²) in [5.74, 6) is 0. The van der Waals surface area contributed by atoms with Crippen LogP contribution in [0, 0.1) is 0 Å². The Bertz CT molecular complexity index is 475. The van der Waals surface area contributed by atoms with E-state index in [2.05, 4.69) is 175 Å². The van der Waals surface area contributed by atoms with Crippen molar-refractivity contribution in [2.24, 2.45) is 0 Å². The van der Waals surface area contributed by atoms with Crippen LogP contribution in [0.5, 0.6) is 0 Å². The lowest BCUT2D eigenvalue weighted by molar-refractivity contribution is 0.473. The number of rotatable bonds is 4. The molecular weight excluding hydrogens is 1020 g/mol. The second-order valence-electron chi connectivity index (χ2n) is 3.21. The van der Waals surface area contributed by atoms with Crippen LogP contribution in [0.15, 0.2) is 0 Å². The van der Waals surface area contributed by atoms with Gasteiger partial charge in [0.1, 0.15) is 9.70 Å². The Morgan fingerprint density at radius 1 is 0.600 bits per heavy atom. The van der Waals surface area contributed by atoms with E-state index in [0.29, 0.717) is 0 Å². The van der Waals surface area contributed by atoms with Gasteiger partial charge in [0.05, 0.1) is 0 Å². The molecule has 0 saturated carbocycles. The Hall–Kier alpha value is 5.19. The summed E-state index contributed by atoms with van der Waals surface area (Å²) in [4.78, 5) is 0. The highest BCUT2D eigenvalue weighted by molar-refractivity contribution is 9.42. The van der Waals surface area contributed by atoms with Gasteiger partial charge in [-0.15, -0.1) is 0 Å². The van der Waals surface area contributed by atoms with Gasteiger partial charge < -0.3 is 0 Å². The molecule has 0 aliphatic carbocycles. The average Bonchev–Trinajstić information content (AvgIpc) is 2.12. The van der Waals surface area contributed by atoms with Crippen molar-refractivity contribution in [2.45, 2.75) is 14.4 Å². The van der Waals surface area contributed by atoms with E-state index in [1.54, 1.807) is 0 Å². The van der Waals surface area contributed by atoms with Crippen LogP contribution in [0.1, 0.15) is 0 Å². The van der Waals surface area contributed by atoms with Crippen molar-refractivity contribution in [3.8, 4) is 0 Å². The van der Waals surface area contributed by atoms with E-state index < -0.39 is 24.5 Å². The van der Waals surface area contributed by atoms with Gasteiger partial charge in [-0.2, -0.15) is 8.42 Å². The van der Waals surface area contributed by atoms with Gasteiger partial charge in [0.2, 0.25) is 2.57 Å². The van der Waals surface area contributed by atoms with Gasteiger partial charge in [0.15, 0.2) is 2.14 Å². The second-order valence-corrected chi connectivity index (χ2v) is 26.4. The first kappa shape index (κ1) is 25.2. The zero-order chi connectivity index (χ0) is 17.0. The summed E-state index contributed by atoms with van der Waals surface area (Å²) in [5.41, 5.74) is 0. The third-order valence-corrected chi connectivity index (χ3v) is 25.5. The Morgan fingerprint density at radius 2 is 0.900 bits per heavy atom. The van der Waals surface area contributed by atoms with Crippen molar-refractivity contribution in [2.75, 3.05) is 0 Å². The van der Waals surface area contributed by atoms with Gasteiger partial charge in [-0.3, -0.25) is 4.55 Å². The van der Waals surface area contributed by atoms with Crippen molar-refractivity contribution < 1.29 is 13.0 Å². The molecule has 0 bridgehead atoms. The molecule has 0 amide bonds. The van der Waals surface area contributed by atoms with Crippen LogP contribution < -0.4 is 0 Å². The number of hydrogen-bond acceptors (Lipinski definition) is 2. The van der Waals surface area contributed by atoms with Crippen LogP contribution in [0.3, 0.4) is 0 Å². The molecule has 1 N–H and O–H groups in total. The zero-order valence-corrected chi connectivity index (χ0v) is 26.6. The van der Waals surface area contributed by atoms with Gasteiger partial charge in [0.25, 0.3) is 10.1 Å². The highest BCUT2D eigenvalue weighted by Gasteiger charge is 2.72. The fourth-order valence-corrected chi connectivity index (χ4v) is 10.3. The van der Waals surface area contributed by atoms with Crippen LogP contribution in [0.4, 0.5) is 0 Å². The molecule has 0 aliphatic heterocycles. The molecule has 0 unspecified atom stereocenters. The first-order valence-electron chi connectivity index (χ1n) is 3.80. The summed E-state index contributed by atoms with van der Waals surface area (Å²) in [6.45, 7) is 0. The molecular formula is C5HBr11O3S. The summed E-state index contributed by atoms with van der Waals surface area (Å²) >= 11 is 36.1. The van der Waals surface area contributed by atoms with E-state index in [4.69, 9.17) is 0 Å². The molecule has 0 aromatic rings. The largest absolute Gasteiger partial charge is 0.293 e. The molecule has 0 atom stereocenters. The highest BCUT2D eigenvalue weighted by Crippen LogP contribution is 2.72. The van der Waals surface area contributed by atoms with Crippen molar-refractivity contribution in [3.05, 3.63) is 0 Å². The molecule has 122 valence electrons. The minimum atomic E-state index is -4.56. The third kappa shape index (κ3) is 4.53. The maximum absolute atomic E-state index is 11.6. The lowest BCUT2D eigenvalue weighted by Crippen LogP contribution is -2.61. The summed E-state index contributed by atoms with van der Waals surface area (Å²) in [7, 11) is -4.56. The Labute approximate surface area is 208 Å². The van der Waals surface area contributed by atoms with Gasteiger partial charge in [-0.25, -0.2) is 0 Å². The predicted molar refractivity (Wildman–Crippen MR) is 123 cm³/mol. The van der Waals surface area contributed by atoms with Gasteiger partial charge in [0, 0.05) is 0 Å². The van der Waals surface area contributed by atoms with E-state index in [1.165, 1.54) is 0 Å². The minimum Gasteiger partial charge on any atom is -0.284 e. The molecule has 0 heterocycles. The SMILES string of the molecule is O=S(=O)(O)C(Br)(Br)C(Br)(Br)C(Br)(Br)C(Br)(Br)C(Br)(Br)Br. The molecule has 0 aromatic heterocycles. The van der Waals surface area contributed by atoms with Gasteiger partial charge >= 0.3 is 0 Å². The number of alkyl halides is 11. The van der Waals surface area contributed by atoms with Crippen molar-refractivity contribution in [1.29, 1.82) is 0 Å². The molecule has 3 nitrogen and oxygen atoms in total. The standard InChI is InChI=1S/C5HBr11O3S/c6-1(7,2(8,9)4(12,13)14)3(10,11)5(15,16)20(17,18)19/h(H,17,18,19). The zero-order valence-electron chi connectivity index (χ0n) is 8.33. The molecule has 0 radical (unpaired) electrons. The first-order chi connectivity index (χ1) is 8.25. The van der Waals surface area contributed by atoms with Crippen molar-refractivity contribution >= 4 is 185 Å². The molecule has 15 heteroatoms. The van der Waals surface area contributed by atoms with E-state index in [-0.39, 0.29) is 0 Å². The van der Waals surface area contributed by atoms with Crippen LogP contribution in [-0.4, -0.2) is 27.4 Å². The fraction of sp³-hybridized carbons (Fsp3) is 1.00. The lowest BCUT2D eigenvalue weighted by Gasteiger charge is -2.49. The maximum Gasteiger partial charge on any atom is 0.293 e. The summed E-state index contributed by atoms with van der Waals surface area (Å²) in [5, 5.41) is 0. The van der Waals surface area contributed by atoms with Crippen molar-refractivity contribution in [3.63, 3.8) is 0 Å². The molecule has 0 spiro atoms. The third-order valence-electron chi connectivity index (χ3n) is 1.83. The Morgan fingerprint density at radius 3 is 1.10 bits per heavy atom. The van der Waals surface area contributed by atoms with Gasteiger partial charge in [-0.05, 0) is 31.9 Å². The van der Waals surface area contributed by atoms with Crippen molar-refractivity contribution in [1.82, 2.24) is 0 Å². The van der Waals surface area contributed by atoms with E-state index in [9.17, 15) is 13.0 Å². The molecule has 0 rings (SSSR count). The van der Waals surface area contributed by atoms with E-state index >= 15 is 0 Å². The molecule has 0 saturated heterocycles. The topological polar surface area (TPSA) is 54.4 Å². The second kappa shape index (κ2) is 7.67. The number of hydrogen-bond donors (Lipinski definition) is 1. The van der Waals surface area contributed by atoms with Crippen LogP contribution in [0.2, 0.25) is 0 Å². The summed E-state index contributed by atoms with van der Waals surface area (Å²) < 4.78 is 25.9. The lowest BCUT2D eigenvalue weighted by atomic mass is 10.2. The molecule has 0 aromatic carbocycles. The van der Waals surface area contributed by atoms with Crippen LogP contribution in [-0.2, 0) is 10.1 Å². The monoisotopic (exact) mass is 1010 g/mol. The smallest absolute Gasteiger partial charge is 0.284 e. The maximum atomic E-state index is 11.6.